The Bertz CT molecular complexity index is 1550. The SMILES string of the molecule is Cn1nc(-c2ccc(CNC(=O)c3ccccc3)cc2)c(O)c1-c1nc2ccc(C(N)=O)cc2[nH]1. The van der Waals surface area contributed by atoms with E-state index < -0.39 is 5.91 Å². The van der Waals surface area contributed by atoms with Crippen LogP contribution in [0.25, 0.3) is 33.8 Å². The maximum atomic E-state index is 12.3. The van der Waals surface area contributed by atoms with Gasteiger partial charge in [-0.15, -0.1) is 0 Å². The highest BCUT2D eigenvalue weighted by atomic mass is 16.3. The molecule has 0 saturated heterocycles. The van der Waals surface area contributed by atoms with Gasteiger partial charge in [0.1, 0.15) is 11.4 Å². The molecule has 2 heterocycles. The van der Waals surface area contributed by atoms with Gasteiger partial charge in [0.25, 0.3) is 5.91 Å². The van der Waals surface area contributed by atoms with Crippen LogP contribution in [0.15, 0.2) is 72.8 Å². The first-order chi connectivity index (χ1) is 16.9. The number of aromatic hydroxyl groups is 1. The van der Waals surface area contributed by atoms with Crippen LogP contribution < -0.4 is 11.1 Å². The van der Waals surface area contributed by atoms with E-state index in [1.807, 2.05) is 42.5 Å². The Hall–Kier alpha value is -4.92. The summed E-state index contributed by atoms with van der Waals surface area (Å²) in [5, 5.41) is 18.4. The molecule has 0 unspecified atom stereocenters. The Kier molecular flexibility index (Phi) is 5.50. The zero-order valence-corrected chi connectivity index (χ0v) is 18.8. The zero-order chi connectivity index (χ0) is 24.5. The number of nitrogens with two attached hydrogens (primary N) is 1. The number of benzene rings is 3. The molecule has 5 rings (SSSR count). The summed E-state index contributed by atoms with van der Waals surface area (Å²) < 4.78 is 1.55. The largest absolute Gasteiger partial charge is 0.504 e. The maximum absolute atomic E-state index is 12.3. The van der Waals surface area contributed by atoms with E-state index in [1.165, 1.54) is 0 Å². The predicted octanol–water partition coefficient (Wildman–Crippen LogP) is 3.36. The van der Waals surface area contributed by atoms with Gasteiger partial charge < -0.3 is 21.1 Å². The fourth-order valence-electron chi connectivity index (χ4n) is 3.90. The molecular formula is C26H22N6O3. The van der Waals surface area contributed by atoms with Crippen molar-refractivity contribution in [3.8, 4) is 28.5 Å². The monoisotopic (exact) mass is 466 g/mol. The molecule has 9 nitrogen and oxygen atoms in total. The maximum Gasteiger partial charge on any atom is 0.251 e. The summed E-state index contributed by atoms with van der Waals surface area (Å²) in [6, 6.07) is 21.4. The van der Waals surface area contributed by atoms with Crippen molar-refractivity contribution in [1.29, 1.82) is 0 Å². The van der Waals surface area contributed by atoms with Crippen LogP contribution in [0.2, 0.25) is 0 Å². The van der Waals surface area contributed by atoms with Gasteiger partial charge in [0.15, 0.2) is 11.6 Å². The van der Waals surface area contributed by atoms with Gasteiger partial charge >= 0.3 is 0 Å². The molecule has 0 aliphatic heterocycles. The van der Waals surface area contributed by atoms with Gasteiger partial charge in [-0.2, -0.15) is 5.10 Å². The fraction of sp³-hybridized carbons (Fsp3) is 0.0769. The molecule has 2 aromatic heterocycles. The summed E-state index contributed by atoms with van der Waals surface area (Å²) in [5.41, 5.74) is 10.0. The van der Waals surface area contributed by atoms with Crippen LogP contribution in [0.1, 0.15) is 26.3 Å². The van der Waals surface area contributed by atoms with E-state index in [0.717, 1.165) is 11.1 Å². The Labute approximate surface area is 200 Å². The molecule has 9 heteroatoms. The van der Waals surface area contributed by atoms with E-state index in [9.17, 15) is 14.7 Å². The molecule has 5 aromatic rings. The van der Waals surface area contributed by atoms with E-state index >= 15 is 0 Å². The number of rotatable bonds is 6. The molecule has 0 spiro atoms. The number of hydrogen-bond donors (Lipinski definition) is 4. The third kappa shape index (κ3) is 4.22. The standard InChI is InChI=1S/C26H22N6O3/c1-32-22(25-29-19-12-11-18(24(27)34)13-20(19)30-25)23(33)21(31-32)16-9-7-15(8-10-16)14-28-26(35)17-5-3-2-4-6-17/h2-13,33H,14H2,1H3,(H2,27,34)(H,28,35)(H,29,30). The number of primary amides is 1. The average molecular weight is 467 g/mol. The minimum atomic E-state index is -0.531. The Morgan fingerprint density at radius 1 is 1.03 bits per heavy atom. The average Bonchev–Trinajstić information content (AvgIpc) is 3.42. The second-order valence-electron chi connectivity index (χ2n) is 8.10. The van der Waals surface area contributed by atoms with E-state index in [2.05, 4.69) is 20.4 Å². The summed E-state index contributed by atoms with van der Waals surface area (Å²) in [6.07, 6.45) is 0. The summed E-state index contributed by atoms with van der Waals surface area (Å²) in [4.78, 5) is 31.4. The number of aryl methyl sites for hydroxylation is 1. The lowest BCUT2D eigenvalue weighted by Crippen LogP contribution is -2.22. The second-order valence-corrected chi connectivity index (χ2v) is 8.10. The van der Waals surface area contributed by atoms with Gasteiger partial charge in [0.05, 0.1) is 11.0 Å². The molecule has 174 valence electrons. The summed E-state index contributed by atoms with van der Waals surface area (Å²) >= 11 is 0. The molecule has 5 N–H and O–H groups in total. The first kappa shape index (κ1) is 21.9. The van der Waals surface area contributed by atoms with Crippen LogP contribution in [0.3, 0.4) is 0 Å². The predicted molar refractivity (Wildman–Crippen MR) is 132 cm³/mol. The van der Waals surface area contributed by atoms with Gasteiger partial charge in [-0.05, 0) is 35.9 Å². The van der Waals surface area contributed by atoms with Gasteiger partial charge in [0.2, 0.25) is 5.91 Å². The molecule has 3 aromatic carbocycles. The van der Waals surface area contributed by atoms with Crippen molar-refractivity contribution < 1.29 is 14.7 Å². The lowest BCUT2D eigenvalue weighted by Gasteiger charge is -2.06. The number of aromatic nitrogens is 4. The Morgan fingerprint density at radius 3 is 2.49 bits per heavy atom. The van der Waals surface area contributed by atoms with Crippen molar-refractivity contribution in [3.63, 3.8) is 0 Å². The number of nitrogens with zero attached hydrogens (tertiary/aromatic N) is 3. The van der Waals surface area contributed by atoms with Gasteiger partial charge in [0, 0.05) is 30.3 Å². The third-order valence-corrected chi connectivity index (χ3v) is 5.73. The van der Waals surface area contributed by atoms with Crippen LogP contribution in [-0.2, 0) is 13.6 Å². The highest BCUT2D eigenvalue weighted by molar-refractivity contribution is 5.96. The van der Waals surface area contributed by atoms with Crippen LogP contribution in [-0.4, -0.2) is 36.7 Å². The van der Waals surface area contributed by atoms with Crippen LogP contribution in [0.5, 0.6) is 5.75 Å². The van der Waals surface area contributed by atoms with Crippen molar-refractivity contribution >= 4 is 22.8 Å². The molecular weight excluding hydrogens is 444 g/mol. The van der Waals surface area contributed by atoms with Crippen LogP contribution in [0, 0.1) is 0 Å². The quantitative estimate of drug-likeness (QED) is 0.304. The van der Waals surface area contributed by atoms with Crippen LogP contribution in [0.4, 0.5) is 0 Å². The van der Waals surface area contributed by atoms with Gasteiger partial charge in [-0.25, -0.2) is 4.98 Å². The molecule has 35 heavy (non-hydrogen) atoms. The number of fused-ring (bicyclic) bond motifs is 1. The molecule has 0 fully saturated rings. The highest BCUT2D eigenvalue weighted by Gasteiger charge is 2.21. The van der Waals surface area contributed by atoms with E-state index in [0.29, 0.717) is 45.9 Å². The number of carbonyl (C=O) groups is 2. The highest BCUT2D eigenvalue weighted by Crippen LogP contribution is 2.37. The minimum Gasteiger partial charge on any atom is -0.504 e. The van der Waals surface area contributed by atoms with Gasteiger partial charge in [-0.1, -0.05) is 42.5 Å². The van der Waals surface area contributed by atoms with Crippen molar-refractivity contribution in [2.45, 2.75) is 6.54 Å². The van der Waals surface area contributed by atoms with Crippen LogP contribution >= 0.6 is 0 Å². The lowest BCUT2D eigenvalue weighted by molar-refractivity contribution is 0.0949. The number of imidazole rings is 1. The summed E-state index contributed by atoms with van der Waals surface area (Å²) in [6.45, 7) is 0.375. The second kappa shape index (κ2) is 8.79. The lowest BCUT2D eigenvalue weighted by atomic mass is 10.1. The van der Waals surface area contributed by atoms with E-state index in [4.69, 9.17) is 5.73 Å². The molecule has 0 aliphatic carbocycles. The summed E-state index contributed by atoms with van der Waals surface area (Å²) in [7, 11) is 1.72. The number of H-pyrrole nitrogens is 1. The molecule has 0 radical (unpaired) electrons. The first-order valence-corrected chi connectivity index (χ1v) is 10.9. The molecule has 2 amide bonds. The molecule has 0 bridgehead atoms. The molecule has 0 saturated carbocycles. The zero-order valence-electron chi connectivity index (χ0n) is 18.8. The van der Waals surface area contributed by atoms with Crippen molar-refractivity contribution in [2.24, 2.45) is 12.8 Å². The number of carbonyl (C=O) groups excluding carboxylic acids is 2. The third-order valence-electron chi connectivity index (χ3n) is 5.73. The smallest absolute Gasteiger partial charge is 0.251 e. The number of nitrogens with one attached hydrogen (secondary N) is 2. The Morgan fingerprint density at radius 2 is 1.77 bits per heavy atom. The fourth-order valence-corrected chi connectivity index (χ4v) is 3.90. The summed E-state index contributed by atoms with van der Waals surface area (Å²) in [5.74, 6) is -0.278. The topological polar surface area (TPSA) is 139 Å². The normalized spacial score (nSPS) is 11.0. The molecule has 0 aliphatic rings. The van der Waals surface area contributed by atoms with E-state index in [1.54, 1.807) is 42.1 Å². The number of amides is 2. The number of hydrogen-bond acceptors (Lipinski definition) is 5. The van der Waals surface area contributed by atoms with Gasteiger partial charge in [-0.3, -0.25) is 14.3 Å². The van der Waals surface area contributed by atoms with Crippen molar-refractivity contribution in [3.05, 3.63) is 89.5 Å². The van der Waals surface area contributed by atoms with Crippen molar-refractivity contribution in [1.82, 2.24) is 25.1 Å². The molecule has 0 atom stereocenters. The Balaban J connectivity index is 1.37. The minimum absolute atomic E-state index is 0.0215. The van der Waals surface area contributed by atoms with Crippen molar-refractivity contribution in [2.75, 3.05) is 0 Å². The van der Waals surface area contributed by atoms with E-state index in [-0.39, 0.29) is 11.7 Å². The number of aromatic amines is 1. The first-order valence-electron chi connectivity index (χ1n) is 10.9.